The summed E-state index contributed by atoms with van der Waals surface area (Å²) in [6.45, 7) is 13.2. The second-order valence-corrected chi connectivity index (χ2v) is 9.54. The molecule has 0 saturated carbocycles. The Morgan fingerprint density at radius 2 is 1.78 bits per heavy atom. The van der Waals surface area contributed by atoms with Gasteiger partial charge in [0.15, 0.2) is 0 Å². The van der Waals surface area contributed by atoms with Crippen molar-refractivity contribution in [2.75, 3.05) is 20.1 Å². The SMILES string of the molecule is CC1CC(N)CN1C(=O)C(NC(=O)CN(C)C(=O)OC(C)(C)C)C(C)(C)C. The van der Waals surface area contributed by atoms with E-state index in [9.17, 15) is 14.4 Å². The maximum Gasteiger partial charge on any atom is 0.410 e. The van der Waals surface area contributed by atoms with Crippen LogP contribution in [0, 0.1) is 5.41 Å². The number of hydrogen-bond acceptors (Lipinski definition) is 5. The lowest BCUT2D eigenvalue weighted by molar-refractivity contribution is -0.140. The van der Waals surface area contributed by atoms with Gasteiger partial charge in [0, 0.05) is 25.7 Å². The summed E-state index contributed by atoms with van der Waals surface area (Å²) in [4.78, 5) is 40.5. The molecule has 8 heteroatoms. The summed E-state index contributed by atoms with van der Waals surface area (Å²) in [5.74, 6) is -0.552. The molecule has 1 rings (SSSR count). The molecule has 0 aromatic heterocycles. The number of carbonyl (C=O) groups is 3. The van der Waals surface area contributed by atoms with Gasteiger partial charge in [-0.1, -0.05) is 20.8 Å². The van der Waals surface area contributed by atoms with Crippen LogP contribution in [0.1, 0.15) is 54.9 Å². The van der Waals surface area contributed by atoms with Gasteiger partial charge in [-0.25, -0.2) is 4.79 Å². The second kappa shape index (κ2) is 8.46. The highest BCUT2D eigenvalue weighted by atomic mass is 16.6. The fourth-order valence-corrected chi connectivity index (χ4v) is 3.02. The second-order valence-electron chi connectivity index (χ2n) is 9.54. The Hall–Kier alpha value is -1.83. The summed E-state index contributed by atoms with van der Waals surface area (Å²) in [6, 6.07) is -0.706. The fraction of sp³-hybridized carbons (Fsp3) is 0.842. The third-order valence-electron chi connectivity index (χ3n) is 4.39. The van der Waals surface area contributed by atoms with Crippen LogP contribution >= 0.6 is 0 Å². The van der Waals surface area contributed by atoms with Crippen molar-refractivity contribution in [1.82, 2.24) is 15.1 Å². The maximum absolute atomic E-state index is 13.0. The van der Waals surface area contributed by atoms with Crippen LogP contribution in [-0.2, 0) is 14.3 Å². The van der Waals surface area contributed by atoms with Crippen molar-refractivity contribution in [3.63, 3.8) is 0 Å². The van der Waals surface area contributed by atoms with Gasteiger partial charge in [-0.2, -0.15) is 0 Å². The van der Waals surface area contributed by atoms with Gasteiger partial charge in [-0.05, 0) is 39.5 Å². The molecule has 0 bridgehead atoms. The lowest BCUT2D eigenvalue weighted by Gasteiger charge is -2.35. The molecule has 1 heterocycles. The number of likely N-dealkylation sites (N-methyl/N-ethyl adjacent to an activating group) is 1. The summed E-state index contributed by atoms with van der Waals surface area (Å²) < 4.78 is 5.25. The number of ether oxygens (including phenoxy) is 1. The minimum Gasteiger partial charge on any atom is -0.444 e. The van der Waals surface area contributed by atoms with E-state index in [0.717, 1.165) is 6.42 Å². The number of carbonyl (C=O) groups excluding carboxylic acids is 3. The molecule has 3 unspecified atom stereocenters. The fourth-order valence-electron chi connectivity index (χ4n) is 3.02. The first-order valence-corrected chi connectivity index (χ1v) is 9.41. The molecule has 3 atom stereocenters. The molecule has 1 saturated heterocycles. The Balaban J connectivity index is 2.78. The van der Waals surface area contributed by atoms with Crippen LogP contribution in [0.15, 0.2) is 0 Å². The number of hydrogen-bond donors (Lipinski definition) is 2. The first kappa shape index (κ1) is 23.2. The van der Waals surface area contributed by atoms with Gasteiger partial charge in [0.2, 0.25) is 11.8 Å². The van der Waals surface area contributed by atoms with E-state index in [1.54, 1.807) is 25.7 Å². The lowest BCUT2D eigenvalue weighted by Crippen LogP contribution is -2.57. The largest absolute Gasteiger partial charge is 0.444 e. The average molecular weight is 385 g/mol. The molecule has 3 N–H and O–H groups in total. The molecule has 8 nitrogen and oxygen atoms in total. The van der Waals surface area contributed by atoms with Crippen LogP contribution in [-0.4, -0.2) is 71.6 Å². The molecular formula is C19H36N4O4. The van der Waals surface area contributed by atoms with Crippen molar-refractivity contribution in [3.05, 3.63) is 0 Å². The Morgan fingerprint density at radius 1 is 1.22 bits per heavy atom. The Kier molecular flexibility index (Phi) is 7.27. The molecule has 0 aromatic carbocycles. The van der Waals surface area contributed by atoms with Crippen molar-refractivity contribution in [1.29, 1.82) is 0 Å². The molecule has 1 fully saturated rings. The Bertz CT molecular complexity index is 565. The third kappa shape index (κ3) is 7.01. The van der Waals surface area contributed by atoms with E-state index in [-0.39, 0.29) is 24.5 Å². The molecule has 27 heavy (non-hydrogen) atoms. The van der Waals surface area contributed by atoms with E-state index in [4.69, 9.17) is 10.5 Å². The zero-order valence-electron chi connectivity index (χ0n) is 18.0. The number of nitrogens with two attached hydrogens (primary N) is 1. The van der Waals surface area contributed by atoms with Crippen molar-refractivity contribution in [3.8, 4) is 0 Å². The number of rotatable bonds is 4. The van der Waals surface area contributed by atoms with Crippen molar-refractivity contribution in [2.24, 2.45) is 11.1 Å². The van der Waals surface area contributed by atoms with E-state index in [1.807, 2.05) is 27.7 Å². The van der Waals surface area contributed by atoms with Crippen molar-refractivity contribution < 1.29 is 19.1 Å². The monoisotopic (exact) mass is 384 g/mol. The van der Waals surface area contributed by atoms with Crippen LogP contribution in [0.4, 0.5) is 4.79 Å². The molecule has 1 aliphatic heterocycles. The van der Waals surface area contributed by atoms with Gasteiger partial charge >= 0.3 is 6.09 Å². The highest BCUT2D eigenvalue weighted by molar-refractivity contribution is 5.90. The molecule has 0 spiro atoms. The molecule has 0 aromatic rings. The van der Waals surface area contributed by atoms with Crippen LogP contribution in [0.3, 0.4) is 0 Å². The number of nitrogens with zero attached hydrogens (tertiary/aromatic N) is 2. The van der Waals surface area contributed by atoms with Gasteiger partial charge in [-0.3, -0.25) is 9.59 Å². The van der Waals surface area contributed by atoms with E-state index < -0.39 is 29.1 Å². The summed E-state index contributed by atoms with van der Waals surface area (Å²) >= 11 is 0. The molecule has 1 aliphatic rings. The highest BCUT2D eigenvalue weighted by Crippen LogP contribution is 2.25. The number of likely N-dealkylation sites (tertiary alicyclic amines) is 1. The molecular weight excluding hydrogens is 348 g/mol. The van der Waals surface area contributed by atoms with E-state index in [1.165, 1.54) is 11.9 Å². The zero-order chi connectivity index (χ0) is 21.2. The van der Waals surface area contributed by atoms with Crippen LogP contribution in [0.25, 0.3) is 0 Å². The minimum absolute atomic E-state index is 0.0405. The Morgan fingerprint density at radius 3 is 2.19 bits per heavy atom. The predicted octanol–water partition coefficient (Wildman–Crippen LogP) is 1.33. The van der Waals surface area contributed by atoms with E-state index in [2.05, 4.69) is 5.32 Å². The van der Waals surface area contributed by atoms with Gasteiger partial charge in [-0.15, -0.1) is 0 Å². The maximum atomic E-state index is 13.0. The van der Waals surface area contributed by atoms with Crippen molar-refractivity contribution >= 4 is 17.9 Å². The van der Waals surface area contributed by atoms with Crippen molar-refractivity contribution in [2.45, 2.75) is 78.6 Å². The van der Waals surface area contributed by atoms with Gasteiger partial charge in [0.1, 0.15) is 18.2 Å². The zero-order valence-corrected chi connectivity index (χ0v) is 18.0. The normalized spacial score (nSPS) is 21.6. The minimum atomic E-state index is -0.704. The predicted molar refractivity (Wildman–Crippen MR) is 104 cm³/mol. The molecule has 0 aliphatic carbocycles. The highest BCUT2D eigenvalue weighted by Gasteiger charge is 2.40. The van der Waals surface area contributed by atoms with Crippen LogP contribution in [0.2, 0.25) is 0 Å². The van der Waals surface area contributed by atoms with Crippen LogP contribution < -0.4 is 11.1 Å². The summed E-state index contributed by atoms with van der Waals surface area (Å²) in [5, 5.41) is 2.80. The van der Waals surface area contributed by atoms with Gasteiger partial charge in [0.25, 0.3) is 0 Å². The molecule has 156 valence electrons. The summed E-state index contributed by atoms with van der Waals surface area (Å²) in [7, 11) is 1.49. The topological polar surface area (TPSA) is 105 Å². The van der Waals surface area contributed by atoms with E-state index in [0.29, 0.717) is 6.54 Å². The quantitative estimate of drug-likeness (QED) is 0.761. The summed E-state index contributed by atoms with van der Waals surface area (Å²) in [6.07, 6.45) is 0.160. The summed E-state index contributed by atoms with van der Waals surface area (Å²) in [5.41, 5.74) is 4.85. The van der Waals surface area contributed by atoms with E-state index >= 15 is 0 Å². The molecule has 0 radical (unpaired) electrons. The smallest absolute Gasteiger partial charge is 0.410 e. The number of amides is 3. The standard InChI is InChI=1S/C19H36N4O4/c1-12-9-13(20)10-23(12)16(25)15(18(2,3)4)21-14(24)11-22(8)17(26)27-19(5,6)7/h12-13,15H,9-11,20H2,1-8H3,(H,21,24). The average Bonchev–Trinajstić information content (AvgIpc) is 2.79. The van der Waals surface area contributed by atoms with Crippen LogP contribution in [0.5, 0.6) is 0 Å². The third-order valence-corrected chi connectivity index (χ3v) is 4.39. The van der Waals surface area contributed by atoms with Gasteiger partial charge < -0.3 is 25.6 Å². The lowest BCUT2D eigenvalue weighted by atomic mass is 9.85. The molecule has 3 amide bonds. The number of nitrogens with one attached hydrogen (secondary N) is 1. The first-order chi connectivity index (χ1) is 12.1. The first-order valence-electron chi connectivity index (χ1n) is 9.41. The van der Waals surface area contributed by atoms with Gasteiger partial charge in [0.05, 0.1) is 0 Å². The Labute approximate surface area is 162 Å².